The number of amides is 1. The lowest BCUT2D eigenvalue weighted by atomic mass is 9.96. The fraction of sp³-hybridized carbons (Fsp3) is 0.462. The van der Waals surface area contributed by atoms with E-state index in [1.165, 1.54) is 18.2 Å². The molecule has 0 unspecified atom stereocenters. The van der Waals surface area contributed by atoms with Crippen LogP contribution in [0.25, 0.3) is 0 Å². The molecule has 1 aliphatic rings. The Bertz CT molecular complexity index is 887. The Kier molecular flexibility index (Phi) is 10.8. The van der Waals surface area contributed by atoms with Crippen molar-refractivity contribution in [3.63, 3.8) is 0 Å². The van der Waals surface area contributed by atoms with Crippen molar-refractivity contribution in [1.82, 2.24) is 15.1 Å². The number of esters is 1. The molecule has 34 heavy (non-hydrogen) atoms. The summed E-state index contributed by atoms with van der Waals surface area (Å²) in [6.07, 6.45) is 0.857. The Hall–Kier alpha value is -2.45. The van der Waals surface area contributed by atoms with Crippen molar-refractivity contribution in [3.05, 3.63) is 70.7 Å². The molecule has 3 rings (SSSR count). The maximum absolute atomic E-state index is 11.8. The normalized spacial score (nSPS) is 15.6. The highest BCUT2D eigenvalue weighted by atomic mass is 35.5. The fourth-order valence-electron chi connectivity index (χ4n) is 4.11. The lowest BCUT2D eigenvalue weighted by Crippen LogP contribution is -2.48. The van der Waals surface area contributed by atoms with Gasteiger partial charge in [-0.3, -0.25) is 19.4 Å². The summed E-state index contributed by atoms with van der Waals surface area (Å²) in [6, 6.07) is 18.9. The Morgan fingerprint density at radius 3 is 2.35 bits per heavy atom. The number of rotatable bonds is 12. The first-order valence-electron chi connectivity index (χ1n) is 11.7. The molecule has 1 fully saturated rings. The molecule has 1 atom stereocenters. The minimum Gasteiger partial charge on any atom is -0.469 e. The van der Waals surface area contributed by atoms with Crippen LogP contribution in [-0.2, 0) is 19.1 Å². The van der Waals surface area contributed by atoms with Gasteiger partial charge in [-0.15, -0.1) is 0 Å². The number of halogens is 1. The summed E-state index contributed by atoms with van der Waals surface area (Å²) in [7, 11) is 1.36. The van der Waals surface area contributed by atoms with Gasteiger partial charge in [0.15, 0.2) is 0 Å². The van der Waals surface area contributed by atoms with E-state index in [2.05, 4.69) is 56.3 Å². The zero-order chi connectivity index (χ0) is 24.2. The van der Waals surface area contributed by atoms with E-state index in [0.717, 1.165) is 37.7 Å². The van der Waals surface area contributed by atoms with Gasteiger partial charge in [0.1, 0.15) is 6.61 Å². The molecule has 1 aliphatic heterocycles. The number of ether oxygens (including phenoxy) is 2. The van der Waals surface area contributed by atoms with Crippen LogP contribution in [0.15, 0.2) is 54.6 Å². The number of nitrogens with one attached hydrogen (secondary N) is 1. The summed E-state index contributed by atoms with van der Waals surface area (Å²) in [5.41, 5.74) is 2.52. The smallest absolute Gasteiger partial charge is 0.305 e. The maximum atomic E-state index is 11.8. The first-order valence-corrected chi connectivity index (χ1v) is 12.1. The van der Waals surface area contributed by atoms with Crippen LogP contribution in [0.3, 0.4) is 0 Å². The number of hydrogen-bond acceptors (Lipinski definition) is 6. The van der Waals surface area contributed by atoms with Crippen LogP contribution in [0.4, 0.5) is 0 Å². The second-order valence-electron chi connectivity index (χ2n) is 8.32. The van der Waals surface area contributed by atoms with E-state index >= 15 is 0 Å². The van der Waals surface area contributed by atoms with Gasteiger partial charge in [0.25, 0.3) is 0 Å². The Labute approximate surface area is 207 Å². The summed E-state index contributed by atoms with van der Waals surface area (Å²) in [6.45, 7) is 5.56. The van der Waals surface area contributed by atoms with Gasteiger partial charge in [-0.25, -0.2) is 0 Å². The first-order chi connectivity index (χ1) is 16.6. The van der Waals surface area contributed by atoms with Crippen LogP contribution >= 0.6 is 11.6 Å². The SMILES string of the molecule is COC(=O)CCCNC(=O)COCCN1CCN([C@@H](c2ccccc2)c2ccc(Cl)cc2)CC1. The average molecular weight is 488 g/mol. The predicted octanol–water partition coefficient (Wildman–Crippen LogP) is 3.13. The monoisotopic (exact) mass is 487 g/mol. The third kappa shape index (κ3) is 8.40. The molecule has 184 valence electrons. The molecule has 1 heterocycles. The maximum Gasteiger partial charge on any atom is 0.305 e. The minimum atomic E-state index is -0.270. The molecule has 1 saturated heterocycles. The summed E-state index contributed by atoms with van der Waals surface area (Å²) in [5.74, 6) is -0.433. The van der Waals surface area contributed by atoms with Crippen LogP contribution in [0.5, 0.6) is 0 Å². The van der Waals surface area contributed by atoms with Crippen molar-refractivity contribution >= 4 is 23.5 Å². The van der Waals surface area contributed by atoms with Gasteiger partial charge in [-0.2, -0.15) is 0 Å². The second kappa shape index (κ2) is 14.1. The van der Waals surface area contributed by atoms with Gasteiger partial charge >= 0.3 is 5.97 Å². The molecule has 7 nitrogen and oxygen atoms in total. The average Bonchev–Trinajstić information content (AvgIpc) is 2.87. The molecule has 0 spiro atoms. The van der Waals surface area contributed by atoms with E-state index in [-0.39, 0.29) is 24.5 Å². The largest absolute Gasteiger partial charge is 0.469 e. The molecule has 0 saturated carbocycles. The van der Waals surface area contributed by atoms with Gasteiger partial charge in [-0.05, 0) is 29.7 Å². The van der Waals surface area contributed by atoms with Crippen molar-refractivity contribution in [2.75, 3.05) is 59.6 Å². The van der Waals surface area contributed by atoms with E-state index in [9.17, 15) is 9.59 Å². The minimum absolute atomic E-state index is 0.0326. The predicted molar refractivity (Wildman–Crippen MR) is 133 cm³/mol. The van der Waals surface area contributed by atoms with Crippen LogP contribution in [0.1, 0.15) is 30.0 Å². The number of piperazine rings is 1. The highest BCUT2D eigenvalue weighted by molar-refractivity contribution is 6.30. The van der Waals surface area contributed by atoms with Crippen molar-refractivity contribution in [3.8, 4) is 0 Å². The molecule has 0 bridgehead atoms. The van der Waals surface area contributed by atoms with Crippen molar-refractivity contribution in [2.45, 2.75) is 18.9 Å². The molecule has 0 aromatic heterocycles. The zero-order valence-corrected chi connectivity index (χ0v) is 20.5. The van der Waals surface area contributed by atoms with Crippen LogP contribution in [0.2, 0.25) is 5.02 Å². The van der Waals surface area contributed by atoms with Crippen LogP contribution in [0, 0.1) is 0 Å². The Morgan fingerprint density at radius 2 is 1.68 bits per heavy atom. The number of hydrogen-bond donors (Lipinski definition) is 1. The zero-order valence-electron chi connectivity index (χ0n) is 19.7. The fourth-order valence-corrected chi connectivity index (χ4v) is 4.24. The second-order valence-corrected chi connectivity index (χ2v) is 8.76. The molecular weight excluding hydrogens is 454 g/mol. The van der Waals surface area contributed by atoms with Crippen molar-refractivity contribution < 1.29 is 19.1 Å². The first kappa shape index (κ1) is 26.2. The number of carbonyl (C=O) groups is 2. The highest BCUT2D eigenvalue weighted by Crippen LogP contribution is 2.30. The lowest BCUT2D eigenvalue weighted by Gasteiger charge is -2.39. The van der Waals surface area contributed by atoms with E-state index < -0.39 is 0 Å². The van der Waals surface area contributed by atoms with Crippen LogP contribution in [-0.4, -0.2) is 81.3 Å². The summed E-state index contributed by atoms with van der Waals surface area (Å²) >= 11 is 6.12. The van der Waals surface area contributed by atoms with Crippen molar-refractivity contribution in [1.29, 1.82) is 0 Å². The van der Waals surface area contributed by atoms with E-state index in [4.69, 9.17) is 16.3 Å². The van der Waals surface area contributed by atoms with E-state index in [1.54, 1.807) is 0 Å². The molecule has 0 radical (unpaired) electrons. The summed E-state index contributed by atoms with van der Waals surface area (Å²) in [4.78, 5) is 27.8. The van der Waals surface area contributed by atoms with E-state index in [1.807, 2.05) is 18.2 Å². The van der Waals surface area contributed by atoms with Gasteiger partial charge in [0.2, 0.25) is 5.91 Å². The molecule has 0 aliphatic carbocycles. The van der Waals surface area contributed by atoms with Crippen LogP contribution < -0.4 is 5.32 Å². The summed E-state index contributed by atoms with van der Waals surface area (Å²) in [5, 5.41) is 3.50. The lowest BCUT2D eigenvalue weighted by molar-refractivity contribution is -0.140. The quantitative estimate of drug-likeness (QED) is 0.366. The third-order valence-electron chi connectivity index (χ3n) is 5.97. The van der Waals surface area contributed by atoms with Gasteiger partial charge in [0, 0.05) is 50.7 Å². The number of nitrogens with zero attached hydrogens (tertiary/aromatic N) is 2. The molecule has 8 heteroatoms. The summed E-state index contributed by atoms with van der Waals surface area (Å²) < 4.78 is 10.1. The number of carbonyl (C=O) groups excluding carboxylic acids is 2. The van der Waals surface area contributed by atoms with Gasteiger partial charge < -0.3 is 14.8 Å². The van der Waals surface area contributed by atoms with Gasteiger partial charge in [0.05, 0.1) is 19.8 Å². The van der Waals surface area contributed by atoms with Gasteiger partial charge in [-0.1, -0.05) is 54.1 Å². The van der Waals surface area contributed by atoms with Crippen molar-refractivity contribution in [2.24, 2.45) is 0 Å². The molecular formula is C26H34ClN3O4. The highest BCUT2D eigenvalue weighted by Gasteiger charge is 2.26. The standard InChI is InChI=1S/C26H34ClN3O4/c1-33-25(32)8-5-13-28-24(31)20-34-19-18-29-14-16-30(17-15-29)26(21-6-3-2-4-7-21)22-9-11-23(27)12-10-22/h2-4,6-7,9-12,26H,5,8,13-20H2,1H3,(H,28,31)/t26-/m0/s1. The molecule has 1 N–H and O–H groups in total. The molecule has 1 amide bonds. The Balaban J connectivity index is 1.39. The molecule has 2 aromatic carbocycles. The number of benzene rings is 2. The topological polar surface area (TPSA) is 71.1 Å². The number of methoxy groups -OCH3 is 1. The van der Waals surface area contributed by atoms with E-state index in [0.29, 0.717) is 26.0 Å². The third-order valence-corrected chi connectivity index (χ3v) is 6.22. The molecule has 2 aromatic rings. The Morgan fingerprint density at radius 1 is 1.00 bits per heavy atom.